The van der Waals surface area contributed by atoms with Crippen LogP contribution in [0.5, 0.6) is 5.75 Å². The first-order valence-corrected chi connectivity index (χ1v) is 10.4. The summed E-state index contributed by atoms with van der Waals surface area (Å²) in [6, 6.07) is 6.10. The molecule has 0 unspecified atom stereocenters. The van der Waals surface area contributed by atoms with Gasteiger partial charge >= 0.3 is 0 Å². The summed E-state index contributed by atoms with van der Waals surface area (Å²) in [4.78, 5) is 5.89. The summed E-state index contributed by atoms with van der Waals surface area (Å²) >= 11 is 11.2. The zero-order valence-electron chi connectivity index (χ0n) is 13.4. The molecule has 0 saturated heterocycles. The van der Waals surface area contributed by atoms with Crippen LogP contribution in [0.15, 0.2) is 18.2 Å². The maximum absolute atomic E-state index is 6.21. The molecule has 1 fully saturated rings. The molecule has 0 radical (unpaired) electrons. The molecule has 23 heavy (non-hydrogen) atoms. The lowest BCUT2D eigenvalue weighted by Gasteiger charge is -2.27. The minimum absolute atomic E-state index is 0.333. The van der Waals surface area contributed by atoms with Gasteiger partial charge in [-0.3, -0.25) is 0 Å². The van der Waals surface area contributed by atoms with Crippen molar-refractivity contribution in [2.45, 2.75) is 51.0 Å². The predicted molar refractivity (Wildman–Crippen MR) is 102 cm³/mol. The fourth-order valence-electron chi connectivity index (χ4n) is 3.18. The van der Waals surface area contributed by atoms with E-state index in [2.05, 4.69) is 28.9 Å². The molecule has 124 valence electrons. The van der Waals surface area contributed by atoms with Gasteiger partial charge in [0.1, 0.15) is 5.75 Å². The molecular weight excluding hydrogens is 394 g/mol. The zero-order valence-corrected chi connectivity index (χ0v) is 16.6. The molecule has 0 amide bonds. The number of alkyl halides is 1. The number of hydrogen-bond donors (Lipinski definition) is 0. The van der Waals surface area contributed by atoms with Gasteiger partial charge in [0.2, 0.25) is 0 Å². The summed E-state index contributed by atoms with van der Waals surface area (Å²) in [6.07, 6.45) is 5.22. The van der Waals surface area contributed by atoms with E-state index in [9.17, 15) is 0 Å². The third kappa shape index (κ3) is 4.09. The first-order valence-electron chi connectivity index (χ1n) is 8.05. The van der Waals surface area contributed by atoms with E-state index in [1.54, 1.807) is 11.3 Å². The Bertz CT molecular complexity index is 688. The lowest BCUT2D eigenvalue weighted by Crippen LogP contribution is -2.24. The molecule has 0 N–H and O–H groups in total. The van der Waals surface area contributed by atoms with E-state index in [-0.39, 0.29) is 0 Å². The van der Waals surface area contributed by atoms with Crippen LogP contribution >= 0.6 is 38.9 Å². The average molecular weight is 415 g/mol. The Kier molecular flexibility index (Phi) is 5.65. The molecule has 2 aromatic heterocycles. The Hall–Kier alpha value is -0.580. The normalized spacial score (nSPS) is 21.4. The molecule has 1 aliphatic rings. The number of rotatable bonds is 4. The Morgan fingerprint density at radius 1 is 1.39 bits per heavy atom. The standard InChI is InChI=1S/C18H21BrClNOS/c1-11-4-3-5-14(8-11)22-16-7-6-15(21-12(16)2)18-13(10-19)9-17(20)23-18/h6-7,9,11,14H,3-5,8,10H2,1-2H3/t11-,14-/m0/s1. The molecule has 2 aromatic rings. The van der Waals surface area contributed by atoms with E-state index in [1.165, 1.54) is 18.4 Å². The number of aromatic nitrogens is 1. The first-order chi connectivity index (χ1) is 11.1. The van der Waals surface area contributed by atoms with Crippen molar-refractivity contribution in [1.29, 1.82) is 0 Å². The van der Waals surface area contributed by atoms with Crippen molar-refractivity contribution in [3.05, 3.63) is 33.8 Å². The van der Waals surface area contributed by atoms with Gasteiger partial charge < -0.3 is 4.74 Å². The number of pyridine rings is 1. The van der Waals surface area contributed by atoms with Crippen molar-refractivity contribution >= 4 is 38.9 Å². The zero-order chi connectivity index (χ0) is 16.4. The number of ether oxygens (including phenoxy) is 1. The second-order valence-corrected chi connectivity index (χ2v) is 8.57. The highest BCUT2D eigenvalue weighted by Gasteiger charge is 2.21. The van der Waals surface area contributed by atoms with Gasteiger partial charge in [-0.25, -0.2) is 4.98 Å². The second kappa shape index (κ2) is 7.54. The van der Waals surface area contributed by atoms with Gasteiger partial charge in [-0.1, -0.05) is 40.9 Å². The molecule has 1 saturated carbocycles. The Balaban J connectivity index is 1.80. The summed E-state index contributed by atoms with van der Waals surface area (Å²) in [5.41, 5.74) is 3.10. The van der Waals surface area contributed by atoms with Crippen LogP contribution in [-0.2, 0) is 5.33 Å². The van der Waals surface area contributed by atoms with Gasteiger partial charge in [0.05, 0.1) is 26.7 Å². The van der Waals surface area contributed by atoms with Crippen LogP contribution in [0, 0.1) is 12.8 Å². The monoisotopic (exact) mass is 413 g/mol. The quantitative estimate of drug-likeness (QED) is 0.524. The predicted octanol–water partition coefficient (Wildman–Crippen LogP) is 6.62. The number of hydrogen-bond acceptors (Lipinski definition) is 3. The number of aryl methyl sites for hydroxylation is 1. The van der Waals surface area contributed by atoms with E-state index in [0.29, 0.717) is 6.10 Å². The highest BCUT2D eigenvalue weighted by molar-refractivity contribution is 9.08. The topological polar surface area (TPSA) is 22.1 Å². The maximum Gasteiger partial charge on any atom is 0.140 e. The molecule has 3 rings (SSSR count). The van der Waals surface area contributed by atoms with E-state index in [1.807, 2.05) is 19.1 Å². The second-order valence-electron chi connectivity index (χ2n) is 6.33. The van der Waals surface area contributed by atoms with Crippen LogP contribution in [0.1, 0.15) is 43.9 Å². The fraction of sp³-hybridized carbons (Fsp3) is 0.500. The number of thiophene rings is 1. The molecule has 0 aliphatic heterocycles. The summed E-state index contributed by atoms with van der Waals surface area (Å²) < 4.78 is 7.01. The van der Waals surface area contributed by atoms with E-state index in [0.717, 1.165) is 50.4 Å². The first kappa shape index (κ1) is 17.2. The minimum Gasteiger partial charge on any atom is -0.489 e. The smallest absolute Gasteiger partial charge is 0.140 e. The maximum atomic E-state index is 6.21. The van der Waals surface area contributed by atoms with Crippen molar-refractivity contribution in [1.82, 2.24) is 4.98 Å². The van der Waals surface area contributed by atoms with Gasteiger partial charge in [0, 0.05) is 5.33 Å². The summed E-state index contributed by atoms with van der Waals surface area (Å²) in [7, 11) is 0. The molecule has 5 heteroatoms. The van der Waals surface area contributed by atoms with Crippen LogP contribution in [0.25, 0.3) is 10.6 Å². The van der Waals surface area contributed by atoms with Gasteiger partial charge in [0.25, 0.3) is 0 Å². The van der Waals surface area contributed by atoms with Crippen LogP contribution in [0.3, 0.4) is 0 Å². The van der Waals surface area contributed by atoms with Crippen molar-refractivity contribution in [2.75, 3.05) is 0 Å². The molecular formula is C18H21BrClNOS. The summed E-state index contributed by atoms with van der Waals surface area (Å²) in [5, 5.41) is 0.782. The lowest BCUT2D eigenvalue weighted by atomic mass is 9.89. The van der Waals surface area contributed by atoms with Crippen molar-refractivity contribution in [2.24, 2.45) is 5.92 Å². The van der Waals surface area contributed by atoms with Crippen LogP contribution < -0.4 is 4.74 Å². The van der Waals surface area contributed by atoms with Gasteiger partial charge in [0.15, 0.2) is 0 Å². The van der Waals surface area contributed by atoms with E-state index < -0.39 is 0 Å². The Morgan fingerprint density at radius 2 is 2.22 bits per heavy atom. The molecule has 2 nitrogen and oxygen atoms in total. The van der Waals surface area contributed by atoms with Crippen molar-refractivity contribution in [3.8, 4) is 16.3 Å². The van der Waals surface area contributed by atoms with E-state index in [4.69, 9.17) is 21.3 Å². The van der Waals surface area contributed by atoms with Crippen LogP contribution in [-0.4, -0.2) is 11.1 Å². The lowest BCUT2D eigenvalue weighted by molar-refractivity contribution is 0.128. The number of halogens is 2. The summed E-state index contributed by atoms with van der Waals surface area (Å²) in [6.45, 7) is 4.33. The van der Waals surface area contributed by atoms with Gasteiger partial charge in [-0.05, 0) is 55.9 Å². The molecule has 0 aromatic carbocycles. The number of nitrogens with zero attached hydrogens (tertiary/aromatic N) is 1. The Labute approximate surface area is 155 Å². The fourth-order valence-corrected chi connectivity index (χ4v) is 5.04. The Morgan fingerprint density at radius 3 is 2.91 bits per heavy atom. The highest BCUT2D eigenvalue weighted by atomic mass is 79.9. The molecule has 0 bridgehead atoms. The summed E-state index contributed by atoms with van der Waals surface area (Å²) in [5.74, 6) is 1.67. The van der Waals surface area contributed by atoms with Gasteiger partial charge in [-0.15, -0.1) is 11.3 Å². The van der Waals surface area contributed by atoms with E-state index >= 15 is 0 Å². The third-order valence-corrected chi connectivity index (χ3v) is 6.31. The van der Waals surface area contributed by atoms with Crippen molar-refractivity contribution in [3.63, 3.8) is 0 Å². The van der Waals surface area contributed by atoms with Crippen LogP contribution in [0.2, 0.25) is 4.34 Å². The van der Waals surface area contributed by atoms with Gasteiger partial charge in [-0.2, -0.15) is 0 Å². The SMILES string of the molecule is Cc1nc(-c2sc(Cl)cc2CBr)ccc1O[C@H]1CCC[C@H](C)C1. The highest BCUT2D eigenvalue weighted by Crippen LogP contribution is 2.37. The minimum atomic E-state index is 0.333. The third-order valence-electron chi connectivity index (χ3n) is 4.37. The van der Waals surface area contributed by atoms with Crippen LogP contribution in [0.4, 0.5) is 0 Å². The molecule has 2 heterocycles. The molecule has 0 spiro atoms. The average Bonchev–Trinajstić information content (AvgIpc) is 2.90. The largest absolute Gasteiger partial charge is 0.489 e. The van der Waals surface area contributed by atoms with Crippen molar-refractivity contribution < 1.29 is 4.74 Å². The molecule has 1 aliphatic carbocycles. The molecule has 2 atom stereocenters.